The highest BCUT2D eigenvalue weighted by Gasteiger charge is 2.26. The Kier molecular flexibility index (Phi) is 4.11. The van der Waals surface area contributed by atoms with Crippen molar-refractivity contribution in [1.29, 1.82) is 0 Å². The Bertz CT molecular complexity index is 325. The number of hydrogen-bond acceptors (Lipinski definition) is 5. The monoisotopic (exact) mass is 238 g/mol. The van der Waals surface area contributed by atoms with E-state index in [-0.39, 0.29) is 18.6 Å². The summed E-state index contributed by atoms with van der Waals surface area (Å²) in [5.74, 6) is 0.331. The molecule has 92 valence electrons. The standard InChI is InChI=1S/C8H13F3N4O/c1-5(12-2)6-14-15-7(16-6)13-4-3-8(9,10)11/h5,12H,3-4H2,1-2H3,(H,13,15). The molecule has 1 rings (SSSR count). The second-order valence-corrected chi connectivity index (χ2v) is 3.25. The molecule has 1 aromatic rings. The Hall–Kier alpha value is -1.31. The molecule has 0 aliphatic rings. The third kappa shape index (κ3) is 4.05. The second kappa shape index (κ2) is 5.15. The van der Waals surface area contributed by atoms with Crippen molar-refractivity contribution < 1.29 is 17.6 Å². The van der Waals surface area contributed by atoms with E-state index in [1.807, 2.05) is 0 Å². The Morgan fingerprint density at radius 2 is 2.06 bits per heavy atom. The van der Waals surface area contributed by atoms with Gasteiger partial charge in [-0.05, 0) is 14.0 Å². The molecule has 0 spiro atoms. The second-order valence-electron chi connectivity index (χ2n) is 3.25. The van der Waals surface area contributed by atoms with E-state index in [4.69, 9.17) is 4.42 Å². The summed E-state index contributed by atoms with van der Waals surface area (Å²) in [6, 6.07) is -0.132. The van der Waals surface area contributed by atoms with Crippen LogP contribution in [0.15, 0.2) is 4.42 Å². The Morgan fingerprint density at radius 1 is 1.38 bits per heavy atom. The number of alkyl halides is 3. The number of hydrogen-bond donors (Lipinski definition) is 2. The summed E-state index contributed by atoms with van der Waals surface area (Å²) >= 11 is 0. The van der Waals surface area contributed by atoms with Crippen molar-refractivity contribution in [3.8, 4) is 0 Å². The maximum Gasteiger partial charge on any atom is 0.390 e. The van der Waals surface area contributed by atoms with Crippen molar-refractivity contribution in [2.24, 2.45) is 0 Å². The van der Waals surface area contributed by atoms with Crippen LogP contribution in [0, 0.1) is 0 Å². The van der Waals surface area contributed by atoms with Gasteiger partial charge in [-0.3, -0.25) is 0 Å². The lowest BCUT2D eigenvalue weighted by Gasteiger charge is -2.05. The summed E-state index contributed by atoms with van der Waals surface area (Å²) in [4.78, 5) is 0. The number of rotatable bonds is 5. The largest absolute Gasteiger partial charge is 0.406 e. The van der Waals surface area contributed by atoms with Gasteiger partial charge in [-0.25, -0.2) is 0 Å². The van der Waals surface area contributed by atoms with Crippen molar-refractivity contribution in [3.63, 3.8) is 0 Å². The molecule has 0 saturated carbocycles. The molecule has 1 unspecified atom stereocenters. The Labute approximate surface area is 90.4 Å². The lowest BCUT2D eigenvalue weighted by Crippen LogP contribution is -2.14. The average molecular weight is 238 g/mol. The summed E-state index contributed by atoms with van der Waals surface area (Å²) in [5.41, 5.74) is 0. The molecule has 0 radical (unpaired) electrons. The Balaban J connectivity index is 2.41. The van der Waals surface area contributed by atoms with Gasteiger partial charge < -0.3 is 15.1 Å². The fourth-order valence-corrected chi connectivity index (χ4v) is 0.916. The van der Waals surface area contributed by atoms with E-state index < -0.39 is 12.6 Å². The van der Waals surface area contributed by atoms with Gasteiger partial charge in [-0.2, -0.15) is 13.2 Å². The van der Waals surface area contributed by atoms with Crippen LogP contribution in [0.4, 0.5) is 19.2 Å². The van der Waals surface area contributed by atoms with Gasteiger partial charge in [0.1, 0.15) is 0 Å². The van der Waals surface area contributed by atoms with Gasteiger partial charge >= 0.3 is 12.2 Å². The van der Waals surface area contributed by atoms with Gasteiger partial charge in [-0.1, -0.05) is 5.10 Å². The number of halogens is 3. The topological polar surface area (TPSA) is 63.0 Å². The molecule has 0 amide bonds. The van der Waals surface area contributed by atoms with E-state index >= 15 is 0 Å². The average Bonchev–Trinajstić information content (AvgIpc) is 2.63. The molecule has 0 fully saturated rings. The van der Waals surface area contributed by atoms with Crippen molar-refractivity contribution >= 4 is 6.01 Å². The highest BCUT2D eigenvalue weighted by Crippen LogP contribution is 2.19. The molecule has 1 heterocycles. The van der Waals surface area contributed by atoms with Gasteiger partial charge in [0.2, 0.25) is 5.89 Å². The first kappa shape index (κ1) is 12.8. The summed E-state index contributed by atoms with van der Waals surface area (Å²) < 4.78 is 40.6. The van der Waals surface area contributed by atoms with Gasteiger partial charge in [0.25, 0.3) is 0 Å². The normalized spacial score (nSPS) is 13.8. The highest BCUT2D eigenvalue weighted by atomic mass is 19.4. The van der Waals surface area contributed by atoms with Gasteiger partial charge in [0, 0.05) is 6.54 Å². The fourth-order valence-electron chi connectivity index (χ4n) is 0.916. The predicted molar refractivity (Wildman–Crippen MR) is 50.9 cm³/mol. The van der Waals surface area contributed by atoms with Crippen molar-refractivity contribution in [2.45, 2.75) is 25.6 Å². The molecule has 0 aliphatic heterocycles. The summed E-state index contributed by atoms with van der Waals surface area (Å²) in [6.45, 7) is 1.52. The molecule has 5 nitrogen and oxygen atoms in total. The molecule has 16 heavy (non-hydrogen) atoms. The summed E-state index contributed by atoms with van der Waals surface area (Å²) in [7, 11) is 1.71. The SMILES string of the molecule is CNC(C)c1nnc(NCCC(F)(F)F)o1. The molecule has 1 atom stereocenters. The van der Waals surface area contributed by atoms with Crippen LogP contribution in [0.1, 0.15) is 25.3 Å². The molecule has 8 heteroatoms. The zero-order valence-electron chi connectivity index (χ0n) is 8.93. The molecule has 1 aromatic heterocycles. The first-order valence-corrected chi connectivity index (χ1v) is 4.73. The lowest BCUT2D eigenvalue weighted by molar-refractivity contribution is -0.131. The van der Waals surface area contributed by atoms with E-state index in [0.29, 0.717) is 5.89 Å². The van der Waals surface area contributed by atoms with E-state index in [1.165, 1.54) is 0 Å². The number of anilines is 1. The van der Waals surface area contributed by atoms with E-state index in [1.54, 1.807) is 14.0 Å². The quantitative estimate of drug-likeness (QED) is 0.817. The van der Waals surface area contributed by atoms with Crippen molar-refractivity contribution in [1.82, 2.24) is 15.5 Å². The van der Waals surface area contributed by atoms with E-state index in [2.05, 4.69) is 20.8 Å². The lowest BCUT2D eigenvalue weighted by atomic mass is 10.3. The molecule has 2 N–H and O–H groups in total. The van der Waals surface area contributed by atoms with Crippen LogP contribution in [0.3, 0.4) is 0 Å². The molecular weight excluding hydrogens is 225 g/mol. The predicted octanol–water partition coefficient (Wildman–Crippen LogP) is 1.71. The van der Waals surface area contributed by atoms with Crippen LogP contribution in [0.5, 0.6) is 0 Å². The number of nitrogens with one attached hydrogen (secondary N) is 2. The third-order valence-corrected chi connectivity index (χ3v) is 1.93. The minimum absolute atomic E-state index is 0.00125. The van der Waals surface area contributed by atoms with Crippen molar-refractivity contribution in [3.05, 3.63) is 5.89 Å². The highest BCUT2D eigenvalue weighted by molar-refractivity contribution is 5.17. The van der Waals surface area contributed by atoms with E-state index in [9.17, 15) is 13.2 Å². The van der Waals surface area contributed by atoms with Crippen LogP contribution < -0.4 is 10.6 Å². The first-order valence-electron chi connectivity index (χ1n) is 4.73. The first-order chi connectivity index (χ1) is 7.42. The van der Waals surface area contributed by atoms with Crippen LogP contribution in [-0.2, 0) is 0 Å². The van der Waals surface area contributed by atoms with Gasteiger partial charge in [-0.15, -0.1) is 5.10 Å². The maximum atomic E-state index is 11.8. The van der Waals surface area contributed by atoms with Gasteiger partial charge in [0.05, 0.1) is 12.5 Å². The van der Waals surface area contributed by atoms with Crippen LogP contribution in [-0.4, -0.2) is 30.0 Å². The molecule has 0 aromatic carbocycles. The van der Waals surface area contributed by atoms with Crippen LogP contribution in [0.25, 0.3) is 0 Å². The molecule has 0 aliphatic carbocycles. The minimum atomic E-state index is -4.19. The Morgan fingerprint density at radius 3 is 2.62 bits per heavy atom. The third-order valence-electron chi connectivity index (χ3n) is 1.93. The van der Waals surface area contributed by atoms with Crippen molar-refractivity contribution in [2.75, 3.05) is 18.9 Å². The zero-order valence-corrected chi connectivity index (χ0v) is 8.93. The summed E-state index contributed by atoms with van der Waals surface area (Å²) in [5, 5.41) is 12.5. The molecular formula is C8H13F3N4O. The molecule has 0 bridgehead atoms. The van der Waals surface area contributed by atoms with Gasteiger partial charge in [0.15, 0.2) is 0 Å². The van der Waals surface area contributed by atoms with Crippen LogP contribution >= 0.6 is 0 Å². The number of nitrogens with zero attached hydrogens (tertiary/aromatic N) is 2. The number of aromatic nitrogens is 2. The fraction of sp³-hybridized carbons (Fsp3) is 0.750. The molecule has 0 saturated heterocycles. The zero-order chi connectivity index (χ0) is 12.2. The van der Waals surface area contributed by atoms with E-state index in [0.717, 1.165) is 0 Å². The minimum Gasteiger partial charge on any atom is -0.406 e. The maximum absolute atomic E-state index is 11.8. The van der Waals surface area contributed by atoms with Crippen LogP contribution in [0.2, 0.25) is 0 Å². The smallest absolute Gasteiger partial charge is 0.390 e. The summed E-state index contributed by atoms with van der Waals surface area (Å²) in [6.07, 6.45) is -5.12.